The van der Waals surface area contributed by atoms with Crippen LogP contribution in [0, 0.1) is 0 Å². The number of likely N-dealkylation sites (N-methyl/N-ethyl adjacent to an activating group) is 1. The van der Waals surface area contributed by atoms with Crippen molar-refractivity contribution in [1.82, 2.24) is 15.3 Å². The number of rotatable bonds is 5. The number of aromatic nitrogens is 2. The molecule has 0 fully saturated rings. The first-order chi connectivity index (χ1) is 8.40. The highest BCUT2D eigenvalue weighted by Crippen LogP contribution is 2.17. The van der Waals surface area contributed by atoms with Crippen molar-refractivity contribution in [2.24, 2.45) is 0 Å². The Bertz CT molecular complexity index is 428. The molecule has 3 heteroatoms. The molecule has 0 amide bonds. The third kappa shape index (κ3) is 3.36. The predicted octanol–water partition coefficient (Wildman–Crippen LogP) is 2.37. The Morgan fingerprint density at radius 3 is 2.18 bits per heavy atom. The van der Waals surface area contributed by atoms with Gasteiger partial charge in [0, 0.05) is 30.8 Å². The smallest absolute Gasteiger partial charge is 0.0361 e. The van der Waals surface area contributed by atoms with Crippen LogP contribution in [0.3, 0.4) is 0 Å². The quantitative estimate of drug-likeness (QED) is 0.852. The highest BCUT2D eigenvalue weighted by atomic mass is 14.9. The molecule has 2 heterocycles. The zero-order valence-corrected chi connectivity index (χ0v) is 10.0. The van der Waals surface area contributed by atoms with Crippen molar-refractivity contribution in [2.75, 3.05) is 6.54 Å². The summed E-state index contributed by atoms with van der Waals surface area (Å²) < 4.78 is 0. The minimum absolute atomic E-state index is 0.338. The molecule has 1 unspecified atom stereocenters. The molecule has 0 spiro atoms. The van der Waals surface area contributed by atoms with Crippen molar-refractivity contribution in [3.63, 3.8) is 0 Å². The first-order valence-electron chi connectivity index (χ1n) is 5.92. The number of nitrogens with zero attached hydrogens (tertiary/aromatic N) is 2. The maximum atomic E-state index is 4.06. The third-order valence-corrected chi connectivity index (χ3v) is 2.75. The molecule has 2 aromatic rings. The van der Waals surface area contributed by atoms with Gasteiger partial charge in [0.25, 0.3) is 0 Å². The van der Waals surface area contributed by atoms with Crippen molar-refractivity contribution in [2.45, 2.75) is 19.4 Å². The van der Waals surface area contributed by atoms with Crippen LogP contribution >= 0.6 is 0 Å². The van der Waals surface area contributed by atoms with Gasteiger partial charge in [0.05, 0.1) is 0 Å². The fraction of sp³-hybridized carbons (Fsp3) is 0.286. The molecule has 2 aromatic heterocycles. The maximum Gasteiger partial charge on any atom is 0.0361 e. The summed E-state index contributed by atoms with van der Waals surface area (Å²) >= 11 is 0. The summed E-state index contributed by atoms with van der Waals surface area (Å²) in [6.45, 7) is 3.08. The van der Waals surface area contributed by atoms with Gasteiger partial charge in [-0.3, -0.25) is 9.97 Å². The summed E-state index contributed by atoms with van der Waals surface area (Å²) in [5, 5.41) is 3.50. The number of pyridine rings is 2. The van der Waals surface area contributed by atoms with Gasteiger partial charge in [-0.05, 0) is 48.4 Å². The highest BCUT2D eigenvalue weighted by Gasteiger charge is 2.10. The van der Waals surface area contributed by atoms with E-state index in [4.69, 9.17) is 0 Å². The largest absolute Gasteiger partial charge is 0.310 e. The summed E-state index contributed by atoms with van der Waals surface area (Å²) in [7, 11) is 0. The lowest BCUT2D eigenvalue weighted by molar-refractivity contribution is 0.549. The van der Waals surface area contributed by atoms with Crippen molar-refractivity contribution in [1.29, 1.82) is 0 Å². The lowest BCUT2D eigenvalue weighted by Gasteiger charge is -2.18. The molecule has 0 saturated carbocycles. The monoisotopic (exact) mass is 227 g/mol. The van der Waals surface area contributed by atoms with Gasteiger partial charge in [-0.15, -0.1) is 0 Å². The van der Waals surface area contributed by atoms with Gasteiger partial charge < -0.3 is 5.32 Å². The molecule has 0 aromatic carbocycles. The molecule has 17 heavy (non-hydrogen) atoms. The van der Waals surface area contributed by atoms with E-state index in [9.17, 15) is 0 Å². The van der Waals surface area contributed by atoms with Gasteiger partial charge in [0.1, 0.15) is 0 Å². The Hall–Kier alpha value is -1.74. The molecule has 0 saturated heterocycles. The summed E-state index contributed by atoms with van der Waals surface area (Å²) in [4.78, 5) is 8.10. The van der Waals surface area contributed by atoms with Gasteiger partial charge in [-0.25, -0.2) is 0 Å². The van der Waals surface area contributed by atoms with E-state index in [1.54, 1.807) is 0 Å². The minimum Gasteiger partial charge on any atom is -0.310 e. The van der Waals surface area contributed by atoms with Gasteiger partial charge in [0.15, 0.2) is 0 Å². The Morgan fingerprint density at radius 2 is 1.59 bits per heavy atom. The number of nitrogens with one attached hydrogen (secondary N) is 1. The second kappa shape index (κ2) is 6.11. The van der Waals surface area contributed by atoms with E-state index in [2.05, 4.69) is 46.5 Å². The molecule has 0 aliphatic heterocycles. The topological polar surface area (TPSA) is 37.8 Å². The number of hydrogen-bond donors (Lipinski definition) is 1. The molecular weight excluding hydrogens is 210 g/mol. The first kappa shape index (κ1) is 11.7. The molecule has 0 aliphatic rings. The highest BCUT2D eigenvalue weighted by molar-refractivity contribution is 5.20. The average molecular weight is 227 g/mol. The van der Waals surface area contributed by atoms with E-state index in [1.807, 2.05) is 24.8 Å². The molecule has 0 radical (unpaired) electrons. The molecule has 1 N–H and O–H groups in total. The molecule has 1 atom stereocenters. The molecule has 0 bridgehead atoms. The standard InChI is InChI=1S/C14H17N3/c1-2-17-14(13-5-9-16-10-6-13)11-12-3-7-15-8-4-12/h3-10,14,17H,2,11H2,1H3. The van der Waals surface area contributed by atoms with Gasteiger partial charge in [-0.2, -0.15) is 0 Å². The Labute approximate surface area is 102 Å². The fourth-order valence-electron chi connectivity index (χ4n) is 1.90. The average Bonchev–Trinajstić information content (AvgIpc) is 2.40. The molecule has 88 valence electrons. The zero-order valence-electron chi connectivity index (χ0n) is 10.0. The molecule has 2 rings (SSSR count). The zero-order chi connectivity index (χ0) is 11.9. The normalized spacial score (nSPS) is 12.3. The molecular formula is C14H17N3. The lowest BCUT2D eigenvalue weighted by Crippen LogP contribution is -2.22. The lowest BCUT2D eigenvalue weighted by atomic mass is 10.0. The van der Waals surface area contributed by atoms with Crippen LogP contribution in [0.2, 0.25) is 0 Å². The van der Waals surface area contributed by atoms with Gasteiger partial charge in [-0.1, -0.05) is 6.92 Å². The summed E-state index contributed by atoms with van der Waals surface area (Å²) in [5.74, 6) is 0. The van der Waals surface area contributed by atoms with Crippen LogP contribution in [0.25, 0.3) is 0 Å². The van der Waals surface area contributed by atoms with E-state index < -0.39 is 0 Å². The van der Waals surface area contributed by atoms with Crippen molar-refractivity contribution < 1.29 is 0 Å². The van der Waals surface area contributed by atoms with Crippen LogP contribution in [0.5, 0.6) is 0 Å². The van der Waals surface area contributed by atoms with Crippen LogP contribution < -0.4 is 5.32 Å². The summed E-state index contributed by atoms with van der Waals surface area (Å²) in [6, 6.07) is 8.59. The van der Waals surface area contributed by atoms with Gasteiger partial charge in [0.2, 0.25) is 0 Å². The third-order valence-electron chi connectivity index (χ3n) is 2.75. The first-order valence-corrected chi connectivity index (χ1v) is 5.92. The summed E-state index contributed by atoms with van der Waals surface area (Å²) in [5.41, 5.74) is 2.57. The summed E-state index contributed by atoms with van der Waals surface area (Å²) in [6.07, 6.45) is 8.33. The van der Waals surface area contributed by atoms with E-state index in [-0.39, 0.29) is 0 Å². The number of hydrogen-bond acceptors (Lipinski definition) is 3. The van der Waals surface area contributed by atoms with Crippen LogP contribution in [0.1, 0.15) is 24.1 Å². The van der Waals surface area contributed by atoms with E-state index in [0.29, 0.717) is 6.04 Å². The Kier molecular flexibility index (Phi) is 4.22. The van der Waals surface area contributed by atoms with Crippen molar-refractivity contribution >= 4 is 0 Å². The van der Waals surface area contributed by atoms with Crippen LogP contribution in [-0.2, 0) is 6.42 Å². The molecule has 0 aliphatic carbocycles. The fourth-order valence-corrected chi connectivity index (χ4v) is 1.90. The van der Waals surface area contributed by atoms with E-state index in [0.717, 1.165) is 13.0 Å². The van der Waals surface area contributed by atoms with Crippen LogP contribution in [0.4, 0.5) is 0 Å². The molecule has 3 nitrogen and oxygen atoms in total. The van der Waals surface area contributed by atoms with E-state index in [1.165, 1.54) is 11.1 Å². The SMILES string of the molecule is CCNC(Cc1ccncc1)c1ccncc1. The predicted molar refractivity (Wildman–Crippen MR) is 68.6 cm³/mol. The van der Waals surface area contributed by atoms with Crippen molar-refractivity contribution in [3.8, 4) is 0 Å². The minimum atomic E-state index is 0.338. The maximum absolute atomic E-state index is 4.06. The Morgan fingerprint density at radius 1 is 1.00 bits per heavy atom. The van der Waals surface area contributed by atoms with Crippen LogP contribution in [-0.4, -0.2) is 16.5 Å². The van der Waals surface area contributed by atoms with E-state index >= 15 is 0 Å². The van der Waals surface area contributed by atoms with Gasteiger partial charge >= 0.3 is 0 Å². The second-order valence-corrected chi connectivity index (χ2v) is 3.95. The van der Waals surface area contributed by atoms with Crippen LogP contribution in [0.15, 0.2) is 49.1 Å². The second-order valence-electron chi connectivity index (χ2n) is 3.95. The van der Waals surface area contributed by atoms with Crippen molar-refractivity contribution in [3.05, 3.63) is 60.2 Å². The Balaban J connectivity index is 2.13.